The van der Waals surface area contributed by atoms with Crippen molar-refractivity contribution in [3.8, 4) is 0 Å². The second-order valence-electron chi connectivity index (χ2n) is 6.42. The number of fused-ring (bicyclic) bond motifs is 1. The first-order valence-electron chi connectivity index (χ1n) is 8.97. The number of rotatable bonds is 5. The van der Waals surface area contributed by atoms with Crippen molar-refractivity contribution >= 4 is 29.1 Å². The summed E-state index contributed by atoms with van der Waals surface area (Å²) in [6.45, 7) is 4.06. The van der Waals surface area contributed by atoms with Crippen LogP contribution in [-0.2, 0) is 11.2 Å². The number of hydrogen-bond donors (Lipinski definition) is 0. The third-order valence-corrected chi connectivity index (χ3v) is 4.54. The maximum absolute atomic E-state index is 13.0. The van der Waals surface area contributed by atoms with Crippen LogP contribution in [0.2, 0.25) is 0 Å². The number of methoxy groups -OCH3 is 1. The lowest BCUT2D eigenvalue weighted by atomic mass is 10.0. The van der Waals surface area contributed by atoms with E-state index in [-0.39, 0.29) is 5.43 Å². The summed E-state index contributed by atoms with van der Waals surface area (Å²) in [6.07, 6.45) is 5.23. The summed E-state index contributed by atoms with van der Waals surface area (Å²) in [5.74, 6) is 0.0836. The molecule has 0 saturated heterocycles. The van der Waals surface area contributed by atoms with Crippen molar-refractivity contribution in [2.75, 3.05) is 7.11 Å². The summed E-state index contributed by atoms with van der Waals surface area (Å²) in [6, 6.07) is 12.8. The van der Waals surface area contributed by atoms with Crippen molar-refractivity contribution in [1.29, 1.82) is 0 Å². The van der Waals surface area contributed by atoms with E-state index in [1.807, 2.05) is 50.3 Å². The number of esters is 1. The van der Waals surface area contributed by atoms with Gasteiger partial charge in [-0.3, -0.25) is 4.79 Å². The number of hydrogen-bond acceptors (Lipinski definition) is 4. The fraction of sp³-hybridized carbons (Fsp3) is 0.217. The molecule has 4 nitrogen and oxygen atoms in total. The monoisotopic (exact) mass is 362 g/mol. The van der Waals surface area contributed by atoms with Crippen LogP contribution < -0.4 is 5.43 Å². The molecule has 4 heteroatoms. The number of carbonyl (C=O) groups is 1. The van der Waals surface area contributed by atoms with Gasteiger partial charge in [0.1, 0.15) is 11.3 Å². The second-order valence-corrected chi connectivity index (χ2v) is 6.42. The van der Waals surface area contributed by atoms with Crippen molar-refractivity contribution in [2.24, 2.45) is 0 Å². The maximum Gasteiger partial charge on any atom is 0.337 e. The molecule has 0 spiro atoms. The molecule has 1 heterocycles. The third-order valence-electron chi connectivity index (χ3n) is 4.54. The summed E-state index contributed by atoms with van der Waals surface area (Å²) in [5, 5.41) is 0.398. The van der Waals surface area contributed by atoms with Crippen molar-refractivity contribution < 1.29 is 13.9 Å². The van der Waals surface area contributed by atoms with Crippen LogP contribution in [0.4, 0.5) is 0 Å². The molecule has 0 aliphatic rings. The van der Waals surface area contributed by atoms with E-state index in [4.69, 9.17) is 9.15 Å². The molecule has 3 aromatic rings. The Kier molecular flexibility index (Phi) is 5.55. The number of benzene rings is 2. The Bertz CT molecular complexity index is 1070. The molecule has 1 aromatic heterocycles. The van der Waals surface area contributed by atoms with Gasteiger partial charge in [0.15, 0.2) is 5.43 Å². The molecule has 0 saturated carbocycles. The highest BCUT2D eigenvalue weighted by molar-refractivity contribution is 5.94. The van der Waals surface area contributed by atoms with E-state index in [1.54, 1.807) is 18.2 Å². The molecule has 3 rings (SSSR count). The Morgan fingerprint density at radius 3 is 2.63 bits per heavy atom. The lowest BCUT2D eigenvalue weighted by Crippen LogP contribution is -2.12. The van der Waals surface area contributed by atoms with E-state index in [0.29, 0.717) is 34.3 Å². The lowest BCUT2D eigenvalue weighted by Gasteiger charge is -2.08. The van der Waals surface area contributed by atoms with E-state index < -0.39 is 5.97 Å². The standard InChI is InChI=1S/C23H22O4/c1-4-7-18-20(12-10-16-9-6-5-8-15(16)2)27-21-13-11-17(23(25)26-3)14-19(21)22(18)24/h5-6,8-14H,4,7H2,1-3H3. The van der Waals surface area contributed by atoms with Crippen molar-refractivity contribution in [2.45, 2.75) is 26.7 Å². The Labute approximate surface area is 158 Å². The summed E-state index contributed by atoms with van der Waals surface area (Å²) < 4.78 is 10.8. The molecule has 0 fully saturated rings. The van der Waals surface area contributed by atoms with Crippen LogP contribution in [0.15, 0.2) is 51.7 Å². The predicted octanol–water partition coefficient (Wildman–Crippen LogP) is 5.01. The smallest absolute Gasteiger partial charge is 0.337 e. The summed E-state index contributed by atoms with van der Waals surface area (Å²) in [4.78, 5) is 24.8. The highest BCUT2D eigenvalue weighted by atomic mass is 16.5. The number of carbonyl (C=O) groups excluding carboxylic acids is 1. The summed E-state index contributed by atoms with van der Waals surface area (Å²) in [5.41, 5.74) is 3.53. The second kappa shape index (κ2) is 8.04. The van der Waals surface area contributed by atoms with Crippen molar-refractivity contribution in [3.05, 3.63) is 80.7 Å². The van der Waals surface area contributed by atoms with E-state index in [0.717, 1.165) is 17.5 Å². The van der Waals surface area contributed by atoms with Crippen LogP contribution >= 0.6 is 0 Å². The van der Waals surface area contributed by atoms with Crippen molar-refractivity contribution in [3.63, 3.8) is 0 Å². The quantitative estimate of drug-likeness (QED) is 0.599. The van der Waals surface area contributed by atoms with Gasteiger partial charge in [0.2, 0.25) is 0 Å². The SMILES string of the molecule is CCCc1c(C=Cc2ccccc2C)oc2ccc(C(=O)OC)cc2c1=O. The zero-order valence-electron chi connectivity index (χ0n) is 15.7. The van der Waals surface area contributed by atoms with Crippen LogP contribution in [0, 0.1) is 6.92 Å². The summed E-state index contributed by atoms with van der Waals surface area (Å²) in [7, 11) is 1.32. The minimum atomic E-state index is -0.475. The van der Waals surface area contributed by atoms with Gasteiger partial charge in [-0.05, 0) is 48.7 Å². The molecule has 0 atom stereocenters. The van der Waals surface area contributed by atoms with Gasteiger partial charge in [-0.25, -0.2) is 4.79 Å². The van der Waals surface area contributed by atoms with Crippen LogP contribution in [-0.4, -0.2) is 13.1 Å². The molecule has 0 radical (unpaired) electrons. The molecule has 0 bridgehead atoms. The molecule has 0 aliphatic carbocycles. The minimum absolute atomic E-state index is 0.103. The van der Waals surface area contributed by atoms with Crippen LogP contribution in [0.1, 0.15) is 46.2 Å². The highest BCUT2D eigenvalue weighted by Gasteiger charge is 2.15. The molecule has 0 amide bonds. The Hall–Kier alpha value is -3.14. The number of ether oxygens (including phenoxy) is 1. The van der Waals surface area contributed by atoms with Crippen LogP contribution in [0.25, 0.3) is 23.1 Å². The van der Waals surface area contributed by atoms with Gasteiger partial charge in [-0.1, -0.05) is 43.7 Å². The van der Waals surface area contributed by atoms with Gasteiger partial charge in [-0.15, -0.1) is 0 Å². The zero-order chi connectivity index (χ0) is 19.4. The molecule has 27 heavy (non-hydrogen) atoms. The topological polar surface area (TPSA) is 56.5 Å². The zero-order valence-corrected chi connectivity index (χ0v) is 15.7. The normalized spacial score (nSPS) is 11.2. The van der Waals surface area contributed by atoms with Gasteiger partial charge in [0.05, 0.1) is 18.1 Å². The Morgan fingerprint density at radius 1 is 1.15 bits per heavy atom. The Balaban J connectivity index is 2.15. The summed E-state index contributed by atoms with van der Waals surface area (Å²) >= 11 is 0. The van der Waals surface area contributed by atoms with Crippen molar-refractivity contribution in [1.82, 2.24) is 0 Å². The highest BCUT2D eigenvalue weighted by Crippen LogP contribution is 2.21. The molecule has 0 unspecified atom stereocenters. The molecule has 0 N–H and O–H groups in total. The first-order valence-corrected chi connectivity index (χ1v) is 8.97. The molecule has 138 valence electrons. The minimum Gasteiger partial charge on any atom is -0.465 e. The number of aryl methyl sites for hydroxylation is 1. The molecular formula is C23H22O4. The largest absolute Gasteiger partial charge is 0.465 e. The van der Waals surface area contributed by atoms with E-state index in [1.165, 1.54) is 7.11 Å². The van der Waals surface area contributed by atoms with Crippen LogP contribution in [0.3, 0.4) is 0 Å². The lowest BCUT2D eigenvalue weighted by molar-refractivity contribution is 0.0601. The molecular weight excluding hydrogens is 340 g/mol. The third kappa shape index (κ3) is 3.85. The van der Waals surface area contributed by atoms with E-state index in [9.17, 15) is 9.59 Å². The van der Waals surface area contributed by atoms with E-state index in [2.05, 4.69) is 0 Å². The first kappa shape index (κ1) is 18.6. The van der Waals surface area contributed by atoms with E-state index >= 15 is 0 Å². The first-order chi connectivity index (χ1) is 13.0. The fourth-order valence-electron chi connectivity index (χ4n) is 3.06. The predicted molar refractivity (Wildman–Crippen MR) is 108 cm³/mol. The van der Waals surface area contributed by atoms with Gasteiger partial charge < -0.3 is 9.15 Å². The van der Waals surface area contributed by atoms with Gasteiger partial charge in [0, 0.05) is 5.56 Å². The maximum atomic E-state index is 13.0. The average Bonchev–Trinajstić information content (AvgIpc) is 2.69. The van der Waals surface area contributed by atoms with Gasteiger partial charge in [0.25, 0.3) is 0 Å². The molecule has 0 aliphatic heterocycles. The molecule has 2 aromatic carbocycles. The van der Waals surface area contributed by atoms with Gasteiger partial charge in [-0.2, -0.15) is 0 Å². The average molecular weight is 362 g/mol. The fourth-order valence-corrected chi connectivity index (χ4v) is 3.06. The van der Waals surface area contributed by atoms with Gasteiger partial charge >= 0.3 is 5.97 Å². The Morgan fingerprint density at radius 2 is 1.93 bits per heavy atom. The van der Waals surface area contributed by atoms with Crippen LogP contribution in [0.5, 0.6) is 0 Å².